The van der Waals surface area contributed by atoms with Crippen LogP contribution < -0.4 is 9.64 Å². The average Bonchev–Trinajstić information content (AvgIpc) is 3.06. The lowest BCUT2D eigenvalue weighted by atomic mass is 10.1. The van der Waals surface area contributed by atoms with Crippen LogP contribution in [-0.2, 0) is 4.79 Å². The Balaban J connectivity index is 1.79. The van der Waals surface area contributed by atoms with E-state index in [9.17, 15) is 4.79 Å². The van der Waals surface area contributed by atoms with Crippen molar-refractivity contribution in [1.82, 2.24) is 0 Å². The molecule has 1 heterocycles. The number of rotatable bonds is 4. The molecule has 0 unspecified atom stereocenters. The second-order valence-electron chi connectivity index (χ2n) is 6.72. The summed E-state index contributed by atoms with van der Waals surface area (Å²) >= 11 is 6.03. The number of nitrogens with zero attached hydrogens (tertiary/aromatic N) is 2. The molecular weight excluding hydrogens is 384 g/mol. The van der Waals surface area contributed by atoms with Crippen LogP contribution in [-0.4, -0.2) is 18.9 Å². The maximum Gasteiger partial charge on any atom is 0.282 e. The molecule has 0 fully saturated rings. The first-order valence-electron chi connectivity index (χ1n) is 9.16. The third-order valence-electron chi connectivity index (χ3n) is 4.67. The van der Waals surface area contributed by atoms with E-state index in [1.165, 1.54) is 0 Å². The molecule has 0 atom stereocenters. The van der Waals surface area contributed by atoms with Gasteiger partial charge >= 0.3 is 0 Å². The van der Waals surface area contributed by atoms with Crippen molar-refractivity contribution in [3.05, 3.63) is 100 Å². The molecule has 1 aliphatic heterocycles. The third kappa shape index (κ3) is 3.93. The molecule has 5 heteroatoms. The van der Waals surface area contributed by atoms with Crippen molar-refractivity contribution in [2.24, 2.45) is 4.99 Å². The SMILES string of the molecule is COc1ccc(C2=N/C(=C/c3ccc(C)cc3)C(=O)N2c2ccc(Cl)cc2)cc1. The van der Waals surface area contributed by atoms with E-state index in [4.69, 9.17) is 16.3 Å². The normalized spacial score (nSPS) is 15.0. The van der Waals surface area contributed by atoms with Gasteiger partial charge in [0.15, 0.2) is 0 Å². The van der Waals surface area contributed by atoms with Gasteiger partial charge in [-0.2, -0.15) is 0 Å². The second kappa shape index (κ2) is 7.94. The minimum atomic E-state index is -0.182. The summed E-state index contributed by atoms with van der Waals surface area (Å²) in [6.07, 6.45) is 1.81. The summed E-state index contributed by atoms with van der Waals surface area (Å²) in [5.41, 5.74) is 4.00. The van der Waals surface area contributed by atoms with Crippen molar-refractivity contribution < 1.29 is 9.53 Å². The van der Waals surface area contributed by atoms with Crippen molar-refractivity contribution in [3.63, 3.8) is 0 Å². The van der Waals surface area contributed by atoms with E-state index in [-0.39, 0.29) is 5.91 Å². The molecule has 0 aromatic heterocycles. The first-order valence-corrected chi connectivity index (χ1v) is 9.54. The lowest BCUT2D eigenvalue weighted by Crippen LogP contribution is -2.32. The molecule has 1 amide bonds. The molecule has 1 aliphatic rings. The van der Waals surface area contributed by atoms with Crippen molar-refractivity contribution in [3.8, 4) is 5.75 Å². The fraction of sp³-hybridized carbons (Fsp3) is 0.0833. The largest absolute Gasteiger partial charge is 0.497 e. The van der Waals surface area contributed by atoms with Gasteiger partial charge in [0.1, 0.15) is 17.3 Å². The van der Waals surface area contributed by atoms with Crippen LogP contribution in [0.15, 0.2) is 83.5 Å². The average molecular weight is 403 g/mol. The fourth-order valence-corrected chi connectivity index (χ4v) is 3.23. The van der Waals surface area contributed by atoms with Crippen LogP contribution in [0.25, 0.3) is 6.08 Å². The summed E-state index contributed by atoms with van der Waals surface area (Å²) in [5, 5.41) is 0.610. The zero-order valence-corrected chi connectivity index (χ0v) is 16.9. The fourth-order valence-electron chi connectivity index (χ4n) is 3.10. The molecule has 3 aromatic rings. The highest BCUT2D eigenvalue weighted by atomic mass is 35.5. The standard InChI is InChI=1S/C24H19ClN2O2/c1-16-3-5-17(6-4-16)15-22-24(28)27(20-11-9-19(25)10-12-20)23(26-22)18-7-13-21(29-2)14-8-18/h3-15H,1-2H3/b22-15+. The minimum absolute atomic E-state index is 0.182. The van der Waals surface area contributed by atoms with Gasteiger partial charge < -0.3 is 4.74 Å². The molecule has 3 aromatic carbocycles. The van der Waals surface area contributed by atoms with E-state index in [2.05, 4.69) is 4.99 Å². The molecule has 0 spiro atoms. The maximum absolute atomic E-state index is 13.3. The summed E-state index contributed by atoms with van der Waals surface area (Å²) in [7, 11) is 1.62. The molecule has 144 valence electrons. The Kier molecular flexibility index (Phi) is 5.19. The Morgan fingerprint density at radius 2 is 1.59 bits per heavy atom. The molecule has 0 saturated heterocycles. The van der Waals surface area contributed by atoms with Gasteiger partial charge in [-0.3, -0.25) is 9.69 Å². The van der Waals surface area contributed by atoms with E-state index in [0.29, 0.717) is 22.2 Å². The summed E-state index contributed by atoms with van der Waals surface area (Å²) < 4.78 is 5.24. The Hall–Kier alpha value is -3.37. The monoisotopic (exact) mass is 402 g/mol. The number of hydrogen-bond donors (Lipinski definition) is 0. The van der Waals surface area contributed by atoms with Gasteiger partial charge in [-0.15, -0.1) is 0 Å². The maximum atomic E-state index is 13.3. The molecule has 0 saturated carbocycles. The van der Waals surface area contributed by atoms with Crippen LogP contribution in [0.3, 0.4) is 0 Å². The van der Waals surface area contributed by atoms with Crippen molar-refractivity contribution >= 4 is 35.1 Å². The van der Waals surface area contributed by atoms with E-state index in [1.807, 2.05) is 67.6 Å². The Morgan fingerprint density at radius 1 is 0.931 bits per heavy atom. The zero-order valence-electron chi connectivity index (χ0n) is 16.1. The Morgan fingerprint density at radius 3 is 2.21 bits per heavy atom. The summed E-state index contributed by atoms with van der Waals surface area (Å²) in [4.78, 5) is 19.5. The van der Waals surface area contributed by atoms with E-state index < -0.39 is 0 Å². The predicted octanol–water partition coefficient (Wildman–Crippen LogP) is 5.49. The van der Waals surface area contributed by atoms with E-state index in [1.54, 1.807) is 30.2 Å². The van der Waals surface area contributed by atoms with Crippen LogP contribution in [0.2, 0.25) is 5.02 Å². The number of hydrogen-bond acceptors (Lipinski definition) is 3. The molecule has 29 heavy (non-hydrogen) atoms. The first-order chi connectivity index (χ1) is 14.0. The number of aliphatic imine (C=N–C) groups is 1. The highest BCUT2D eigenvalue weighted by Crippen LogP contribution is 2.29. The van der Waals surface area contributed by atoms with Crippen molar-refractivity contribution in [1.29, 1.82) is 0 Å². The number of aryl methyl sites for hydroxylation is 1. The van der Waals surface area contributed by atoms with Crippen molar-refractivity contribution in [2.45, 2.75) is 6.92 Å². The number of benzene rings is 3. The van der Waals surface area contributed by atoms with Gasteiger partial charge in [-0.05, 0) is 67.1 Å². The van der Waals surface area contributed by atoms with Crippen LogP contribution >= 0.6 is 11.6 Å². The molecular formula is C24H19ClN2O2. The quantitative estimate of drug-likeness (QED) is 0.541. The summed E-state index contributed by atoms with van der Waals surface area (Å²) in [5.74, 6) is 1.13. The van der Waals surface area contributed by atoms with Gasteiger partial charge in [0.2, 0.25) is 0 Å². The van der Waals surface area contributed by atoms with Gasteiger partial charge in [0.25, 0.3) is 5.91 Å². The van der Waals surface area contributed by atoms with Gasteiger partial charge in [-0.25, -0.2) is 4.99 Å². The number of ether oxygens (including phenoxy) is 1. The zero-order chi connectivity index (χ0) is 20.4. The van der Waals surface area contributed by atoms with E-state index >= 15 is 0 Å². The van der Waals surface area contributed by atoms with E-state index in [0.717, 1.165) is 22.4 Å². The van der Waals surface area contributed by atoms with Crippen LogP contribution in [0.5, 0.6) is 5.75 Å². The number of anilines is 1. The van der Waals surface area contributed by atoms with Gasteiger partial charge in [-0.1, -0.05) is 41.4 Å². The van der Waals surface area contributed by atoms with Crippen LogP contribution in [0, 0.1) is 6.92 Å². The smallest absolute Gasteiger partial charge is 0.282 e. The Labute approximate surface area is 174 Å². The number of carbonyl (C=O) groups is 1. The first kappa shape index (κ1) is 19.0. The van der Waals surface area contributed by atoms with Gasteiger partial charge in [0.05, 0.1) is 12.8 Å². The third-order valence-corrected chi connectivity index (χ3v) is 4.93. The topological polar surface area (TPSA) is 41.9 Å². The minimum Gasteiger partial charge on any atom is -0.497 e. The highest BCUT2D eigenvalue weighted by Gasteiger charge is 2.32. The lowest BCUT2D eigenvalue weighted by molar-refractivity contribution is -0.113. The molecule has 4 rings (SSSR count). The molecule has 0 aliphatic carbocycles. The molecule has 0 radical (unpaired) electrons. The number of methoxy groups -OCH3 is 1. The predicted molar refractivity (Wildman–Crippen MR) is 118 cm³/mol. The molecule has 0 bridgehead atoms. The Bertz CT molecular complexity index is 1100. The second-order valence-corrected chi connectivity index (χ2v) is 7.16. The van der Waals surface area contributed by atoms with Gasteiger partial charge in [0, 0.05) is 10.6 Å². The number of amidine groups is 1. The van der Waals surface area contributed by atoms with Crippen LogP contribution in [0.4, 0.5) is 5.69 Å². The number of carbonyl (C=O) groups excluding carboxylic acids is 1. The highest BCUT2D eigenvalue weighted by molar-refractivity contribution is 6.34. The molecule has 4 nitrogen and oxygen atoms in total. The lowest BCUT2D eigenvalue weighted by Gasteiger charge is -2.18. The van der Waals surface area contributed by atoms with Crippen molar-refractivity contribution in [2.75, 3.05) is 12.0 Å². The van der Waals surface area contributed by atoms with Crippen LogP contribution in [0.1, 0.15) is 16.7 Å². The number of halogens is 1. The molecule has 0 N–H and O–H groups in total. The summed E-state index contributed by atoms with van der Waals surface area (Å²) in [6, 6.07) is 22.6. The number of amides is 1. The summed E-state index contributed by atoms with van der Waals surface area (Å²) in [6.45, 7) is 2.03.